The molecule has 0 spiro atoms. The van der Waals surface area contributed by atoms with Crippen LogP contribution in [0.25, 0.3) is 0 Å². The van der Waals surface area contributed by atoms with Gasteiger partial charge < -0.3 is 0 Å². The fourth-order valence-corrected chi connectivity index (χ4v) is 1.78. The Morgan fingerprint density at radius 2 is 1.86 bits per heavy atom. The molecule has 2 rings (SSSR count). The van der Waals surface area contributed by atoms with Crippen molar-refractivity contribution in [2.75, 3.05) is 0 Å². The molecule has 0 aliphatic carbocycles. The highest BCUT2D eigenvalue weighted by Crippen LogP contribution is 2.09. The summed E-state index contributed by atoms with van der Waals surface area (Å²) in [5.74, 6) is -0.206. The van der Waals surface area contributed by atoms with Crippen LogP contribution in [0.5, 0.6) is 0 Å². The number of rotatable bonds is 4. The monoisotopic (exact) mass is 297 g/mol. The van der Waals surface area contributed by atoms with Crippen molar-refractivity contribution >= 4 is 23.7 Å². The minimum absolute atomic E-state index is 0.206. The van der Waals surface area contributed by atoms with Crippen molar-refractivity contribution < 1.29 is 4.79 Å². The normalized spacial score (nSPS) is 10.3. The van der Waals surface area contributed by atoms with Crippen LogP contribution >= 0.6 is 11.6 Å². The van der Waals surface area contributed by atoms with Gasteiger partial charge in [-0.25, -0.2) is 5.43 Å². The number of amides is 1. The first-order valence-corrected chi connectivity index (χ1v) is 6.61. The number of nitriles is 1. The summed E-state index contributed by atoms with van der Waals surface area (Å²) in [5.41, 5.74) is 4.71. The molecule has 0 saturated carbocycles. The fourth-order valence-electron chi connectivity index (χ4n) is 1.65. The third-order valence-electron chi connectivity index (χ3n) is 2.72. The van der Waals surface area contributed by atoms with E-state index in [1.165, 1.54) is 6.21 Å². The van der Waals surface area contributed by atoms with Gasteiger partial charge in [0.25, 0.3) is 0 Å². The van der Waals surface area contributed by atoms with E-state index in [4.69, 9.17) is 16.9 Å². The van der Waals surface area contributed by atoms with Gasteiger partial charge in [-0.2, -0.15) is 10.4 Å². The molecular weight excluding hydrogens is 286 g/mol. The molecule has 2 aromatic rings. The van der Waals surface area contributed by atoms with Crippen LogP contribution in [0.1, 0.15) is 16.7 Å². The second-order valence-corrected chi connectivity index (χ2v) is 4.77. The Hall–Kier alpha value is -2.64. The van der Waals surface area contributed by atoms with Gasteiger partial charge in [-0.3, -0.25) is 4.79 Å². The molecule has 2 aromatic carbocycles. The summed E-state index contributed by atoms with van der Waals surface area (Å²) in [6.45, 7) is 0. The molecule has 1 N–H and O–H groups in total. The smallest absolute Gasteiger partial charge is 0.244 e. The predicted octanol–water partition coefficient (Wildman–Crippen LogP) is 2.90. The van der Waals surface area contributed by atoms with Crippen LogP contribution in [-0.4, -0.2) is 12.1 Å². The van der Waals surface area contributed by atoms with Gasteiger partial charge in [-0.05, 0) is 35.4 Å². The zero-order chi connectivity index (χ0) is 15.1. The lowest BCUT2D eigenvalue weighted by Crippen LogP contribution is -2.19. The van der Waals surface area contributed by atoms with Gasteiger partial charge in [0, 0.05) is 5.02 Å². The molecule has 104 valence electrons. The maximum Gasteiger partial charge on any atom is 0.244 e. The van der Waals surface area contributed by atoms with E-state index < -0.39 is 0 Å². The van der Waals surface area contributed by atoms with Crippen molar-refractivity contribution in [2.24, 2.45) is 5.10 Å². The molecule has 0 fully saturated rings. The summed E-state index contributed by atoms with van der Waals surface area (Å²) >= 11 is 5.78. The van der Waals surface area contributed by atoms with Crippen LogP contribution < -0.4 is 5.43 Å². The van der Waals surface area contributed by atoms with E-state index in [0.29, 0.717) is 10.6 Å². The molecule has 0 bridgehead atoms. The summed E-state index contributed by atoms with van der Waals surface area (Å²) in [7, 11) is 0. The highest BCUT2D eigenvalue weighted by molar-refractivity contribution is 6.30. The SMILES string of the molecule is N#Cc1ccc(C=NNC(=O)Cc2ccc(Cl)cc2)cc1. The van der Waals surface area contributed by atoms with Crippen molar-refractivity contribution in [2.45, 2.75) is 6.42 Å². The predicted molar refractivity (Wildman–Crippen MR) is 82.0 cm³/mol. The lowest BCUT2D eigenvalue weighted by atomic mass is 10.1. The summed E-state index contributed by atoms with van der Waals surface area (Å²) in [4.78, 5) is 11.7. The molecule has 0 heterocycles. The van der Waals surface area contributed by atoms with Crippen LogP contribution in [0.3, 0.4) is 0 Å². The van der Waals surface area contributed by atoms with Crippen molar-refractivity contribution in [3.8, 4) is 6.07 Å². The second-order valence-electron chi connectivity index (χ2n) is 4.33. The average Bonchev–Trinajstić information content (AvgIpc) is 2.50. The molecule has 0 radical (unpaired) electrons. The summed E-state index contributed by atoms with van der Waals surface area (Å²) in [5, 5.41) is 13.2. The number of hydrogen-bond donors (Lipinski definition) is 1. The van der Waals surface area contributed by atoms with Crippen molar-refractivity contribution in [3.05, 3.63) is 70.2 Å². The first kappa shape index (κ1) is 14.8. The minimum atomic E-state index is -0.206. The van der Waals surface area contributed by atoms with E-state index in [1.807, 2.05) is 6.07 Å². The maximum absolute atomic E-state index is 11.7. The molecule has 0 aromatic heterocycles. The lowest BCUT2D eigenvalue weighted by Gasteiger charge is -2.00. The number of nitrogens with one attached hydrogen (secondary N) is 1. The van der Waals surface area contributed by atoms with Crippen LogP contribution in [0, 0.1) is 11.3 Å². The Morgan fingerprint density at radius 1 is 1.19 bits per heavy atom. The van der Waals surface area contributed by atoms with Crippen molar-refractivity contribution in [1.82, 2.24) is 5.43 Å². The second kappa shape index (κ2) is 7.22. The van der Waals surface area contributed by atoms with E-state index in [-0.39, 0.29) is 12.3 Å². The number of halogens is 1. The van der Waals surface area contributed by atoms with Gasteiger partial charge in [-0.1, -0.05) is 35.9 Å². The molecule has 4 nitrogen and oxygen atoms in total. The number of hydrazone groups is 1. The van der Waals surface area contributed by atoms with E-state index in [2.05, 4.69) is 10.5 Å². The van der Waals surface area contributed by atoms with Crippen LogP contribution in [0.4, 0.5) is 0 Å². The summed E-state index contributed by atoms with van der Waals surface area (Å²) < 4.78 is 0. The summed E-state index contributed by atoms with van der Waals surface area (Å²) in [6, 6.07) is 16.0. The number of benzene rings is 2. The van der Waals surface area contributed by atoms with Crippen LogP contribution in [0.2, 0.25) is 5.02 Å². The maximum atomic E-state index is 11.7. The largest absolute Gasteiger partial charge is 0.273 e. The fraction of sp³-hybridized carbons (Fsp3) is 0.0625. The Morgan fingerprint density at radius 3 is 2.48 bits per heavy atom. The first-order valence-electron chi connectivity index (χ1n) is 6.24. The highest BCUT2D eigenvalue weighted by Gasteiger charge is 2.01. The number of carbonyl (C=O) groups excluding carboxylic acids is 1. The Kier molecular flexibility index (Phi) is 5.08. The zero-order valence-corrected chi connectivity index (χ0v) is 11.8. The topological polar surface area (TPSA) is 65.2 Å². The molecule has 0 aliphatic rings. The third kappa shape index (κ3) is 4.75. The molecule has 0 saturated heterocycles. The van der Waals surface area contributed by atoms with Gasteiger partial charge >= 0.3 is 0 Å². The lowest BCUT2D eigenvalue weighted by molar-refractivity contribution is -0.120. The Bertz CT molecular complexity index is 685. The Balaban J connectivity index is 1.86. The van der Waals surface area contributed by atoms with Crippen molar-refractivity contribution in [3.63, 3.8) is 0 Å². The molecule has 0 atom stereocenters. The number of hydrogen-bond acceptors (Lipinski definition) is 3. The van der Waals surface area contributed by atoms with Gasteiger partial charge in [-0.15, -0.1) is 0 Å². The molecule has 21 heavy (non-hydrogen) atoms. The standard InChI is InChI=1S/C16H12ClN3O/c17-15-7-5-12(6-8-15)9-16(21)20-19-11-14-3-1-13(10-18)2-4-14/h1-8,11H,9H2,(H,20,21). The number of carbonyl (C=O) groups is 1. The third-order valence-corrected chi connectivity index (χ3v) is 2.97. The van der Waals surface area contributed by atoms with Gasteiger partial charge in [0.2, 0.25) is 5.91 Å². The van der Waals surface area contributed by atoms with Gasteiger partial charge in [0.15, 0.2) is 0 Å². The number of nitrogens with zero attached hydrogens (tertiary/aromatic N) is 2. The first-order chi connectivity index (χ1) is 10.2. The van der Waals surface area contributed by atoms with Crippen LogP contribution in [-0.2, 0) is 11.2 Å². The van der Waals surface area contributed by atoms with E-state index in [9.17, 15) is 4.79 Å². The molecule has 0 aliphatic heterocycles. The summed E-state index contributed by atoms with van der Waals surface area (Å²) in [6.07, 6.45) is 1.77. The van der Waals surface area contributed by atoms with Crippen molar-refractivity contribution in [1.29, 1.82) is 5.26 Å². The average molecular weight is 298 g/mol. The van der Waals surface area contributed by atoms with Gasteiger partial charge in [0.05, 0.1) is 24.3 Å². The Labute approximate surface area is 127 Å². The highest BCUT2D eigenvalue weighted by atomic mass is 35.5. The molecule has 5 heteroatoms. The van der Waals surface area contributed by atoms with E-state index >= 15 is 0 Å². The van der Waals surface area contributed by atoms with E-state index in [1.54, 1.807) is 48.5 Å². The molecular formula is C16H12ClN3O. The quantitative estimate of drug-likeness (QED) is 0.696. The van der Waals surface area contributed by atoms with E-state index in [0.717, 1.165) is 11.1 Å². The minimum Gasteiger partial charge on any atom is -0.273 e. The molecule has 0 unspecified atom stereocenters. The molecule has 1 amide bonds. The van der Waals surface area contributed by atoms with Crippen LogP contribution in [0.15, 0.2) is 53.6 Å². The zero-order valence-electron chi connectivity index (χ0n) is 11.1. The van der Waals surface area contributed by atoms with Gasteiger partial charge in [0.1, 0.15) is 0 Å².